The summed E-state index contributed by atoms with van der Waals surface area (Å²) in [5.41, 5.74) is 5.06. The third-order valence-electron chi connectivity index (χ3n) is 3.90. The van der Waals surface area contributed by atoms with Gasteiger partial charge < -0.3 is 10.6 Å². The quantitative estimate of drug-likeness (QED) is 0.872. The molecule has 2 N–H and O–H groups in total. The summed E-state index contributed by atoms with van der Waals surface area (Å²) < 4.78 is 1.000. The Morgan fingerprint density at radius 2 is 2.05 bits per heavy atom. The molecule has 0 fully saturated rings. The molecule has 0 unspecified atom stereocenters. The van der Waals surface area contributed by atoms with Crippen molar-refractivity contribution in [2.75, 3.05) is 11.9 Å². The first-order valence-electron chi connectivity index (χ1n) is 7.05. The first-order valence-corrected chi connectivity index (χ1v) is 7.84. The number of hydrogen-bond donors (Lipinski definition) is 2. The van der Waals surface area contributed by atoms with E-state index in [9.17, 15) is 4.79 Å². The number of carbonyl (C=O) groups is 1. The molecule has 0 radical (unpaired) electrons. The SMILES string of the molecule is Cc1c(Br)cccc1NC(=O)c1cccc2c1CCNC2. The second kappa shape index (κ2) is 6.00. The third-order valence-corrected chi connectivity index (χ3v) is 4.76. The molecule has 0 aromatic heterocycles. The van der Waals surface area contributed by atoms with Crippen LogP contribution in [0.5, 0.6) is 0 Å². The van der Waals surface area contributed by atoms with E-state index in [1.165, 1.54) is 11.1 Å². The zero-order valence-electron chi connectivity index (χ0n) is 11.9. The van der Waals surface area contributed by atoms with Gasteiger partial charge in [0.05, 0.1) is 0 Å². The van der Waals surface area contributed by atoms with Crippen LogP contribution in [0.25, 0.3) is 0 Å². The number of benzene rings is 2. The van der Waals surface area contributed by atoms with Gasteiger partial charge in [0, 0.05) is 22.3 Å². The minimum absolute atomic E-state index is 0.0325. The van der Waals surface area contributed by atoms with Gasteiger partial charge in [-0.05, 0) is 54.8 Å². The van der Waals surface area contributed by atoms with Crippen LogP contribution in [0.4, 0.5) is 5.69 Å². The minimum Gasteiger partial charge on any atom is -0.322 e. The first-order chi connectivity index (χ1) is 10.2. The van der Waals surface area contributed by atoms with Crippen LogP contribution in [0.1, 0.15) is 27.0 Å². The van der Waals surface area contributed by atoms with Gasteiger partial charge in [0.1, 0.15) is 0 Å². The van der Waals surface area contributed by atoms with Crippen LogP contribution in [-0.2, 0) is 13.0 Å². The predicted molar refractivity (Wildman–Crippen MR) is 88.7 cm³/mol. The molecule has 108 valence electrons. The number of carbonyl (C=O) groups excluding carboxylic acids is 1. The van der Waals surface area contributed by atoms with E-state index in [2.05, 4.69) is 32.6 Å². The molecule has 0 aliphatic carbocycles. The molecule has 0 saturated carbocycles. The summed E-state index contributed by atoms with van der Waals surface area (Å²) in [5, 5.41) is 6.36. The topological polar surface area (TPSA) is 41.1 Å². The van der Waals surface area contributed by atoms with Crippen LogP contribution >= 0.6 is 15.9 Å². The third kappa shape index (κ3) is 2.87. The molecule has 2 aromatic carbocycles. The van der Waals surface area contributed by atoms with E-state index >= 15 is 0 Å². The summed E-state index contributed by atoms with van der Waals surface area (Å²) in [7, 11) is 0. The lowest BCUT2D eigenvalue weighted by molar-refractivity contribution is 0.102. The number of fused-ring (bicyclic) bond motifs is 1. The Hall–Kier alpha value is -1.65. The Balaban J connectivity index is 1.91. The van der Waals surface area contributed by atoms with Crippen LogP contribution < -0.4 is 10.6 Å². The molecule has 21 heavy (non-hydrogen) atoms. The lowest BCUT2D eigenvalue weighted by Gasteiger charge is -2.20. The lowest BCUT2D eigenvalue weighted by Crippen LogP contribution is -2.26. The van der Waals surface area contributed by atoms with Crippen LogP contribution in [0.3, 0.4) is 0 Å². The van der Waals surface area contributed by atoms with Crippen LogP contribution in [0.15, 0.2) is 40.9 Å². The summed E-state index contributed by atoms with van der Waals surface area (Å²) in [5.74, 6) is -0.0325. The van der Waals surface area contributed by atoms with Gasteiger partial charge in [-0.1, -0.05) is 34.1 Å². The summed E-state index contributed by atoms with van der Waals surface area (Å²) in [6.07, 6.45) is 0.899. The van der Waals surface area contributed by atoms with E-state index in [0.29, 0.717) is 0 Å². The first kappa shape index (κ1) is 14.3. The average Bonchev–Trinajstić information content (AvgIpc) is 2.51. The minimum atomic E-state index is -0.0325. The molecule has 1 aliphatic heterocycles. The largest absolute Gasteiger partial charge is 0.322 e. The highest BCUT2D eigenvalue weighted by Gasteiger charge is 2.17. The zero-order chi connectivity index (χ0) is 14.8. The molecule has 0 atom stereocenters. The van der Waals surface area contributed by atoms with Gasteiger partial charge >= 0.3 is 0 Å². The Morgan fingerprint density at radius 3 is 2.90 bits per heavy atom. The Bertz CT molecular complexity index is 697. The summed E-state index contributed by atoms with van der Waals surface area (Å²) in [4.78, 5) is 12.6. The van der Waals surface area contributed by atoms with E-state index in [1.807, 2.05) is 37.3 Å². The van der Waals surface area contributed by atoms with Crippen molar-refractivity contribution in [3.63, 3.8) is 0 Å². The van der Waals surface area contributed by atoms with Crippen molar-refractivity contribution in [2.24, 2.45) is 0 Å². The van der Waals surface area contributed by atoms with Gasteiger partial charge in [0.15, 0.2) is 0 Å². The zero-order valence-corrected chi connectivity index (χ0v) is 13.5. The monoisotopic (exact) mass is 344 g/mol. The van der Waals surface area contributed by atoms with E-state index < -0.39 is 0 Å². The molecule has 3 nitrogen and oxygen atoms in total. The second-order valence-electron chi connectivity index (χ2n) is 5.24. The highest BCUT2D eigenvalue weighted by Crippen LogP contribution is 2.25. The maximum Gasteiger partial charge on any atom is 0.255 e. The van der Waals surface area contributed by atoms with Gasteiger partial charge in [-0.25, -0.2) is 0 Å². The molecule has 1 heterocycles. The summed E-state index contributed by atoms with van der Waals surface area (Å²) in [6, 6.07) is 11.8. The Kier molecular flexibility index (Phi) is 4.08. The number of anilines is 1. The smallest absolute Gasteiger partial charge is 0.255 e. The van der Waals surface area contributed by atoms with Crippen LogP contribution in [0, 0.1) is 6.92 Å². The molecular weight excluding hydrogens is 328 g/mol. The van der Waals surface area contributed by atoms with Crippen molar-refractivity contribution in [1.82, 2.24) is 5.32 Å². The molecule has 1 aliphatic rings. The molecule has 0 spiro atoms. The number of halogens is 1. The Labute approximate surface area is 132 Å². The fourth-order valence-electron chi connectivity index (χ4n) is 2.68. The number of hydrogen-bond acceptors (Lipinski definition) is 2. The second-order valence-corrected chi connectivity index (χ2v) is 6.09. The standard InChI is InChI=1S/C17H17BrN2O/c1-11-15(18)6-3-7-16(11)20-17(21)14-5-2-4-12-10-19-9-8-13(12)14/h2-7,19H,8-10H2,1H3,(H,20,21). The highest BCUT2D eigenvalue weighted by molar-refractivity contribution is 9.10. The van der Waals surface area contributed by atoms with Crippen molar-refractivity contribution >= 4 is 27.5 Å². The number of rotatable bonds is 2. The lowest BCUT2D eigenvalue weighted by atomic mass is 9.95. The maximum atomic E-state index is 12.6. The van der Waals surface area contributed by atoms with Crippen molar-refractivity contribution < 1.29 is 4.79 Å². The fraction of sp³-hybridized carbons (Fsp3) is 0.235. The predicted octanol–water partition coefficient (Wildman–Crippen LogP) is 3.66. The van der Waals surface area contributed by atoms with E-state index in [1.54, 1.807) is 0 Å². The average molecular weight is 345 g/mol. The normalized spacial score (nSPS) is 13.6. The highest BCUT2D eigenvalue weighted by atomic mass is 79.9. The Morgan fingerprint density at radius 1 is 1.24 bits per heavy atom. The molecule has 2 aromatic rings. The van der Waals surface area contributed by atoms with E-state index in [-0.39, 0.29) is 5.91 Å². The molecule has 0 saturated heterocycles. The molecule has 4 heteroatoms. The maximum absolute atomic E-state index is 12.6. The van der Waals surface area contributed by atoms with Crippen LogP contribution in [-0.4, -0.2) is 12.5 Å². The van der Waals surface area contributed by atoms with Gasteiger partial charge in [-0.15, -0.1) is 0 Å². The number of amides is 1. The van der Waals surface area contributed by atoms with E-state index in [4.69, 9.17) is 0 Å². The van der Waals surface area contributed by atoms with Gasteiger partial charge in [-0.3, -0.25) is 4.79 Å². The summed E-state index contributed by atoms with van der Waals surface area (Å²) >= 11 is 3.49. The fourth-order valence-corrected chi connectivity index (χ4v) is 3.04. The molecule has 3 rings (SSSR count). The molecule has 0 bridgehead atoms. The molecular formula is C17H17BrN2O. The molecule has 1 amide bonds. The van der Waals surface area contributed by atoms with Gasteiger partial charge in [0.2, 0.25) is 0 Å². The van der Waals surface area contributed by atoms with E-state index in [0.717, 1.165) is 40.8 Å². The van der Waals surface area contributed by atoms with Gasteiger partial charge in [-0.2, -0.15) is 0 Å². The van der Waals surface area contributed by atoms with Crippen molar-refractivity contribution in [1.29, 1.82) is 0 Å². The van der Waals surface area contributed by atoms with Crippen molar-refractivity contribution in [2.45, 2.75) is 19.9 Å². The van der Waals surface area contributed by atoms with Gasteiger partial charge in [0.25, 0.3) is 5.91 Å². The number of nitrogens with one attached hydrogen (secondary N) is 2. The van der Waals surface area contributed by atoms with Crippen molar-refractivity contribution in [3.8, 4) is 0 Å². The summed E-state index contributed by atoms with van der Waals surface area (Å²) in [6.45, 7) is 3.75. The van der Waals surface area contributed by atoms with Crippen LogP contribution in [0.2, 0.25) is 0 Å². The van der Waals surface area contributed by atoms with Crippen molar-refractivity contribution in [3.05, 3.63) is 63.1 Å².